The number of carbonyl (C=O) groups excluding carboxylic acids is 1. The van der Waals surface area contributed by atoms with E-state index in [1.54, 1.807) is 7.11 Å². The van der Waals surface area contributed by atoms with Crippen LogP contribution in [-0.4, -0.2) is 28.3 Å². The van der Waals surface area contributed by atoms with Crippen LogP contribution in [0.1, 0.15) is 34.6 Å². The Hall–Kier alpha value is -0.888. The van der Waals surface area contributed by atoms with Crippen LogP contribution in [0.2, 0.25) is 0 Å². The molecule has 19 heavy (non-hydrogen) atoms. The first-order valence-corrected chi connectivity index (χ1v) is 6.81. The molecule has 0 aromatic rings. The van der Waals surface area contributed by atoms with Gasteiger partial charge in [-0.1, -0.05) is 0 Å². The average Bonchev–Trinajstić information content (AvgIpc) is 2.24. The molecule has 1 atom stereocenters. The molecule has 0 saturated heterocycles. The van der Waals surface area contributed by atoms with Crippen molar-refractivity contribution in [3.63, 3.8) is 0 Å². The van der Waals surface area contributed by atoms with Gasteiger partial charge in [-0.2, -0.15) is 0 Å². The average molecular weight is 303 g/mol. The quantitative estimate of drug-likeness (QED) is 0.787. The SMILES string of the molecule is CO[C](=[Cr])C1=CC(C)C=C(C)N1C(=O)OC(C)(C)C. The molecule has 1 rings (SSSR count). The third-order valence-electron chi connectivity index (χ3n) is 2.49. The summed E-state index contributed by atoms with van der Waals surface area (Å²) in [4.78, 5) is 13.8. The Morgan fingerprint density at radius 1 is 1.37 bits per heavy atom. The summed E-state index contributed by atoms with van der Waals surface area (Å²) in [5, 5.41) is 0. The molecule has 0 bridgehead atoms. The van der Waals surface area contributed by atoms with Gasteiger partial charge >= 0.3 is 122 Å². The Bertz CT molecular complexity index is 446. The van der Waals surface area contributed by atoms with Crippen LogP contribution in [0.5, 0.6) is 0 Å². The summed E-state index contributed by atoms with van der Waals surface area (Å²) >= 11 is 2.83. The van der Waals surface area contributed by atoms with Gasteiger partial charge in [-0.05, 0) is 0 Å². The molecule has 0 N–H and O–H groups in total. The van der Waals surface area contributed by atoms with Gasteiger partial charge in [0.15, 0.2) is 0 Å². The van der Waals surface area contributed by atoms with Crippen LogP contribution in [0.3, 0.4) is 0 Å². The first-order valence-electron chi connectivity index (χ1n) is 6.17. The molecule has 0 spiro atoms. The molecule has 1 heterocycles. The van der Waals surface area contributed by atoms with Crippen LogP contribution in [0.4, 0.5) is 4.79 Å². The van der Waals surface area contributed by atoms with Crippen molar-refractivity contribution in [1.29, 1.82) is 0 Å². The van der Waals surface area contributed by atoms with Crippen molar-refractivity contribution in [2.45, 2.75) is 40.2 Å². The standard InChI is InChI=1S/C14H21NO3.Cr/c1-10-7-11(2)15(12(8-10)9-17-6)13(16)18-14(3,4)5;/h7-8,10H,1-6H3;. The van der Waals surface area contributed by atoms with Crippen molar-refractivity contribution in [3.05, 3.63) is 23.5 Å². The van der Waals surface area contributed by atoms with E-state index in [9.17, 15) is 4.79 Å². The number of methoxy groups -OCH3 is 1. The number of ether oxygens (including phenoxy) is 2. The Labute approximate surface area is 123 Å². The van der Waals surface area contributed by atoms with Gasteiger partial charge in [0.05, 0.1) is 0 Å². The van der Waals surface area contributed by atoms with E-state index >= 15 is 0 Å². The Morgan fingerprint density at radius 3 is 2.42 bits per heavy atom. The van der Waals surface area contributed by atoms with E-state index in [1.165, 1.54) is 4.90 Å². The number of carbonyl (C=O) groups is 1. The maximum absolute atomic E-state index is 12.3. The summed E-state index contributed by atoms with van der Waals surface area (Å²) in [6.07, 6.45) is 3.58. The molecule has 106 valence electrons. The van der Waals surface area contributed by atoms with Crippen molar-refractivity contribution in [3.8, 4) is 0 Å². The molecule has 1 amide bonds. The maximum atomic E-state index is 12.3. The first-order chi connectivity index (χ1) is 8.65. The molecule has 1 unspecified atom stereocenters. The monoisotopic (exact) mass is 303 g/mol. The summed E-state index contributed by atoms with van der Waals surface area (Å²) in [5.41, 5.74) is 1.00. The molecule has 0 aliphatic carbocycles. The molecular formula is C14H21CrNO3. The van der Waals surface area contributed by atoms with Gasteiger partial charge in [-0.25, -0.2) is 0 Å². The van der Waals surface area contributed by atoms with Crippen LogP contribution < -0.4 is 0 Å². The molecule has 0 aromatic heterocycles. The second-order valence-electron chi connectivity index (χ2n) is 5.53. The molecule has 5 heteroatoms. The molecule has 0 fully saturated rings. The number of allylic oxidation sites excluding steroid dienone is 3. The third kappa shape index (κ3) is 4.31. The van der Waals surface area contributed by atoms with Gasteiger partial charge < -0.3 is 0 Å². The number of hydrogen-bond acceptors (Lipinski definition) is 3. The van der Waals surface area contributed by atoms with E-state index in [4.69, 9.17) is 9.47 Å². The zero-order valence-electron chi connectivity index (χ0n) is 12.3. The number of hydrogen-bond donors (Lipinski definition) is 0. The Kier molecular flexibility index (Phi) is 5.14. The van der Waals surface area contributed by atoms with E-state index in [0.717, 1.165) is 5.70 Å². The van der Waals surface area contributed by atoms with E-state index in [1.807, 2.05) is 39.8 Å². The number of rotatable bonds is 2. The summed E-state index contributed by atoms with van der Waals surface area (Å²) in [7, 11) is 1.57. The topological polar surface area (TPSA) is 38.8 Å². The van der Waals surface area contributed by atoms with Gasteiger partial charge in [0.1, 0.15) is 0 Å². The Balaban J connectivity index is 3.07. The fraction of sp³-hybridized carbons (Fsp3) is 0.571. The summed E-state index contributed by atoms with van der Waals surface area (Å²) in [6.45, 7) is 9.48. The molecular weight excluding hydrogens is 282 g/mol. The second-order valence-corrected chi connectivity index (χ2v) is 6.11. The third-order valence-corrected chi connectivity index (χ3v) is 3.08. The van der Waals surface area contributed by atoms with Crippen molar-refractivity contribution in [2.24, 2.45) is 5.92 Å². The van der Waals surface area contributed by atoms with Gasteiger partial charge in [0.2, 0.25) is 0 Å². The van der Waals surface area contributed by atoms with Gasteiger partial charge in [0.25, 0.3) is 0 Å². The number of nitrogens with zero attached hydrogens (tertiary/aromatic N) is 1. The van der Waals surface area contributed by atoms with Crippen molar-refractivity contribution in [1.82, 2.24) is 4.90 Å². The molecule has 4 nitrogen and oxygen atoms in total. The fourth-order valence-electron chi connectivity index (χ4n) is 1.83. The van der Waals surface area contributed by atoms with Crippen LogP contribution in [0.25, 0.3) is 0 Å². The summed E-state index contributed by atoms with van der Waals surface area (Å²) in [5.74, 6) is 0.243. The minimum atomic E-state index is -0.532. The van der Waals surface area contributed by atoms with E-state index in [0.29, 0.717) is 10.3 Å². The predicted molar refractivity (Wildman–Crippen MR) is 71.1 cm³/mol. The first kappa shape index (κ1) is 16.2. The molecule has 0 radical (unpaired) electrons. The summed E-state index contributed by atoms with van der Waals surface area (Å²) in [6, 6.07) is 0. The fourth-order valence-corrected chi connectivity index (χ4v) is 2.08. The minimum absolute atomic E-state index is 0.243. The zero-order valence-corrected chi connectivity index (χ0v) is 13.6. The second kappa shape index (κ2) is 6.04. The number of amides is 1. The zero-order chi connectivity index (χ0) is 14.8. The Morgan fingerprint density at radius 2 is 1.95 bits per heavy atom. The van der Waals surface area contributed by atoms with Crippen molar-refractivity contribution >= 4 is 10.7 Å². The van der Waals surface area contributed by atoms with Crippen LogP contribution >= 0.6 is 0 Å². The van der Waals surface area contributed by atoms with Gasteiger partial charge in [-0.15, -0.1) is 0 Å². The van der Waals surface area contributed by atoms with Crippen LogP contribution in [-0.2, 0) is 25.3 Å². The van der Waals surface area contributed by atoms with Gasteiger partial charge in [0, 0.05) is 0 Å². The molecule has 1 aliphatic rings. The van der Waals surface area contributed by atoms with Crippen LogP contribution in [0.15, 0.2) is 23.5 Å². The van der Waals surface area contributed by atoms with Crippen molar-refractivity contribution in [2.75, 3.05) is 7.11 Å². The predicted octanol–water partition coefficient (Wildman–Crippen LogP) is 2.98. The van der Waals surface area contributed by atoms with Crippen LogP contribution in [0, 0.1) is 5.92 Å². The normalized spacial score (nSPS) is 19.7. The molecule has 1 aliphatic heterocycles. The van der Waals surface area contributed by atoms with Gasteiger partial charge in [-0.3, -0.25) is 0 Å². The molecule has 0 saturated carbocycles. The summed E-state index contributed by atoms with van der Waals surface area (Å²) < 4.78 is 11.2. The van der Waals surface area contributed by atoms with E-state index in [-0.39, 0.29) is 5.92 Å². The van der Waals surface area contributed by atoms with E-state index in [2.05, 4.69) is 22.8 Å². The van der Waals surface area contributed by atoms with E-state index < -0.39 is 11.7 Å². The molecule has 0 aromatic carbocycles. The van der Waals surface area contributed by atoms with Crippen molar-refractivity contribution < 1.29 is 30.1 Å².